The van der Waals surface area contributed by atoms with Crippen LogP contribution in [0.3, 0.4) is 0 Å². The Labute approximate surface area is 108 Å². The van der Waals surface area contributed by atoms with Crippen molar-refractivity contribution in [3.05, 3.63) is 24.5 Å². The maximum absolute atomic E-state index is 12.0. The van der Waals surface area contributed by atoms with Crippen LogP contribution in [0.5, 0.6) is 0 Å². The second kappa shape index (κ2) is 6.05. The number of aliphatic hydroxyl groups is 1. The summed E-state index contributed by atoms with van der Waals surface area (Å²) in [6.45, 7) is 4.22. The molecule has 0 spiro atoms. The van der Waals surface area contributed by atoms with Crippen molar-refractivity contribution in [2.45, 2.75) is 38.8 Å². The SMILES string of the molecule is CC1CCN(C(=O)CCCn2cccc2)CC1O. The summed E-state index contributed by atoms with van der Waals surface area (Å²) in [5.74, 6) is 0.488. The number of β-amino-alcohol motifs (C(OH)–C–C–N with tert-alkyl or cyclic N) is 1. The number of aliphatic hydroxyl groups excluding tert-OH is 1. The molecule has 0 saturated carbocycles. The smallest absolute Gasteiger partial charge is 0.222 e. The highest BCUT2D eigenvalue weighted by molar-refractivity contribution is 5.76. The highest BCUT2D eigenvalue weighted by Crippen LogP contribution is 2.17. The van der Waals surface area contributed by atoms with Crippen LogP contribution in [0, 0.1) is 5.92 Å². The van der Waals surface area contributed by atoms with Gasteiger partial charge in [0.25, 0.3) is 0 Å². The van der Waals surface area contributed by atoms with Crippen LogP contribution in [-0.2, 0) is 11.3 Å². The van der Waals surface area contributed by atoms with Gasteiger partial charge in [-0.05, 0) is 30.9 Å². The van der Waals surface area contributed by atoms with E-state index < -0.39 is 0 Å². The van der Waals surface area contributed by atoms with Gasteiger partial charge in [0.05, 0.1) is 6.10 Å². The van der Waals surface area contributed by atoms with E-state index in [1.54, 1.807) is 4.90 Å². The molecule has 1 aliphatic rings. The highest BCUT2D eigenvalue weighted by Gasteiger charge is 2.26. The van der Waals surface area contributed by atoms with E-state index in [0.29, 0.717) is 18.9 Å². The maximum atomic E-state index is 12.0. The van der Waals surface area contributed by atoms with Crippen LogP contribution in [-0.4, -0.2) is 39.7 Å². The Bertz CT molecular complexity index is 375. The summed E-state index contributed by atoms with van der Waals surface area (Å²) in [5.41, 5.74) is 0. The molecule has 0 aromatic carbocycles. The Hall–Kier alpha value is -1.29. The summed E-state index contributed by atoms with van der Waals surface area (Å²) in [7, 11) is 0. The summed E-state index contributed by atoms with van der Waals surface area (Å²) < 4.78 is 2.08. The maximum Gasteiger partial charge on any atom is 0.222 e. The first-order valence-electron chi connectivity index (χ1n) is 6.73. The minimum Gasteiger partial charge on any atom is -0.391 e. The van der Waals surface area contributed by atoms with Crippen LogP contribution < -0.4 is 0 Å². The molecule has 1 saturated heterocycles. The quantitative estimate of drug-likeness (QED) is 0.880. The number of piperidine rings is 1. The molecular weight excluding hydrogens is 228 g/mol. The number of aromatic nitrogens is 1. The van der Waals surface area contributed by atoms with Crippen molar-refractivity contribution in [1.82, 2.24) is 9.47 Å². The third-order valence-corrected chi connectivity index (χ3v) is 3.74. The lowest BCUT2D eigenvalue weighted by molar-refractivity contribution is -0.135. The van der Waals surface area contributed by atoms with Gasteiger partial charge in [-0.3, -0.25) is 4.79 Å². The number of likely N-dealkylation sites (tertiary alicyclic amines) is 1. The van der Waals surface area contributed by atoms with E-state index in [9.17, 15) is 9.90 Å². The molecule has 0 bridgehead atoms. The van der Waals surface area contributed by atoms with E-state index in [4.69, 9.17) is 0 Å². The average molecular weight is 250 g/mol. The molecule has 2 unspecified atom stereocenters. The molecule has 1 N–H and O–H groups in total. The van der Waals surface area contributed by atoms with Crippen molar-refractivity contribution in [3.63, 3.8) is 0 Å². The van der Waals surface area contributed by atoms with Gasteiger partial charge in [-0.2, -0.15) is 0 Å². The van der Waals surface area contributed by atoms with Gasteiger partial charge < -0.3 is 14.6 Å². The molecule has 1 aromatic rings. The molecule has 1 aliphatic heterocycles. The lowest BCUT2D eigenvalue weighted by Gasteiger charge is -2.34. The summed E-state index contributed by atoms with van der Waals surface area (Å²) in [6.07, 6.45) is 6.00. The fourth-order valence-electron chi connectivity index (χ4n) is 2.37. The zero-order valence-corrected chi connectivity index (χ0v) is 11.0. The molecule has 4 heteroatoms. The van der Waals surface area contributed by atoms with Gasteiger partial charge in [0.2, 0.25) is 5.91 Å². The van der Waals surface area contributed by atoms with Crippen molar-refractivity contribution >= 4 is 5.91 Å². The van der Waals surface area contributed by atoms with Crippen molar-refractivity contribution in [2.75, 3.05) is 13.1 Å². The molecule has 2 rings (SSSR count). The normalized spacial score (nSPS) is 24.2. The zero-order chi connectivity index (χ0) is 13.0. The van der Waals surface area contributed by atoms with Gasteiger partial charge in [-0.1, -0.05) is 6.92 Å². The van der Waals surface area contributed by atoms with Gasteiger partial charge >= 0.3 is 0 Å². The standard InChI is InChI=1S/C14H22N2O2/c1-12-6-10-16(11-13(12)17)14(18)5-4-9-15-7-2-3-8-15/h2-3,7-8,12-13,17H,4-6,9-11H2,1H3. The summed E-state index contributed by atoms with van der Waals surface area (Å²) in [6, 6.07) is 3.98. The van der Waals surface area contributed by atoms with Crippen molar-refractivity contribution < 1.29 is 9.90 Å². The fraction of sp³-hybridized carbons (Fsp3) is 0.643. The van der Waals surface area contributed by atoms with Gasteiger partial charge in [0.1, 0.15) is 0 Å². The fourth-order valence-corrected chi connectivity index (χ4v) is 2.37. The van der Waals surface area contributed by atoms with Gasteiger partial charge in [-0.15, -0.1) is 0 Å². The van der Waals surface area contributed by atoms with Crippen molar-refractivity contribution in [2.24, 2.45) is 5.92 Å². The molecule has 1 fully saturated rings. The number of carbonyl (C=O) groups is 1. The number of aryl methyl sites for hydroxylation is 1. The predicted molar refractivity (Wildman–Crippen MR) is 70.0 cm³/mol. The van der Waals surface area contributed by atoms with Crippen LogP contribution >= 0.6 is 0 Å². The molecule has 2 atom stereocenters. The Kier molecular flexibility index (Phi) is 4.42. The topological polar surface area (TPSA) is 45.5 Å². The average Bonchev–Trinajstić information content (AvgIpc) is 2.85. The van der Waals surface area contributed by atoms with Crippen LogP contribution in [0.1, 0.15) is 26.2 Å². The summed E-state index contributed by atoms with van der Waals surface area (Å²) in [5, 5.41) is 9.77. The number of carbonyl (C=O) groups excluding carboxylic acids is 1. The second-order valence-corrected chi connectivity index (χ2v) is 5.20. The zero-order valence-electron chi connectivity index (χ0n) is 11.0. The molecule has 0 aliphatic carbocycles. The van der Waals surface area contributed by atoms with E-state index in [2.05, 4.69) is 4.57 Å². The largest absolute Gasteiger partial charge is 0.391 e. The van der Waals surface area contributed by atoms with Gasteiger partial charge in [0, 0.05) is 38.4 Å². The van der Waals surface area contributed by atoms with E-state index in [1.807, 2.05) is 31.5 Å². The van der Waals surface area contributed by atoms with Crippen LogP contribution in [0.25, 0.3) is 0 Å². The van der Waals surface area contributed by atoms with Gasteiger partial charge in [-0.25, -0.2) is 0 Å². The van der Waals surface area contributed by atoms with Crippen molar-refractivity contribution in [1.29, 1.82) is 0 Å². The predicted octanol–water partition coefficient (Wildman–Crippen LogP) is 1.50. The number of nitrogens with zero attached hydrogens (tertiary/aromatic N) is 2. The molecule has 0 radical (unpaired) electrons. The van der Waals surface area contributed by atoms with E-state index in [0.717, 1.165) is 25.9 Å². The lowest BCUT2D eigenvalue weighted by atomic mass is 9.96. The summed E-state index contributed by atoms with van der Waals surface area (Å²) >= 11 is 0. The van der Waals surface area contributed by atoms with Crippen LogP contribution in [0.15, 0.2) is 24.5 Å². The third-order valence-electron chi connectivity index (χ3n) is 3.74. The van der Waals surface area contributed by atoms with Gasteiger partial charge in [0.15, 0.2) is 0 Å². The van der Waals surface area contributed by atoms with Crippen LogP contribution in [0.2, 0.25) is 0 Å². The second-order valence-electron chi connectivity index (χ2n) is 5.20. The van der Waals surface area contributed by atoms with E-state index >= 15 is 0 Å². The first-order valence-corrected chi connectivity index (χ1v) is 6.73. The lowest BCUT2D eigenvalue weighted by Crippen LogP contribution is -2.45. The molecule has 1 aromatic heterocycles. The first-order chi connectivity index (χ1) is 8.66. The van der Waals surface area contributed by atoms with Crippen LogP contribution in [0.4, 0.5) is 0 Å². The number of hydrogen-bond donors (Lipinski definition) is 1. The number of amides is 1. The molecule has 4 nitrogen and oxygen atoms in total. The molecule has 18 heavy (non-hydrogen) atoms. The Balaban J connectivity index is 1.71. The Morgan fingerprint density at radius 3 is 2.78 bits per heavy atom. The first kappa shape index (κ1) is 13.1. The van der Waals surface area contributed by atoms with E-state index in [-0.39, 0.29) is 12.0 Å². The molecular formula is C14H22N2O2. The monoisotopic (exact) mass is 250 g/mol. The summed E-state index contributed by atoms with van der Waals surface area (Å²) in [4.78, 5) is 13.8. The minimum atomic E-state index is -0.354. The minimum absolute atomic E-state index is 0.174. The van der Waals surface area contributed by atoms with Crippen molar-refractivity contribution in [3.8, 4) is 0 Å². The third kappa shape index (κ3) is 3.35. The Morgan fingerprint density at radius 1 is 1.39 bits per heavy atom. The number of hydrogen-bond acceptors (Lipinski definition) is 2. The molecule has 2 heterocycles. The van der Waals surface area contributed by atoms with E-state index in [1.165, 1.54) is 0 Å². The number of rotatable bonds is 4. The Morgan fingerprint density at radius 2 is 2.11 bits per heavy atom. The highest BCUT2D eigenvalue weighted by atomic mass is 16.3. The molecule has 1 amide bonds. The molecule has 100 valence electrons.